The second kappa shape index (κ2) is 10.0. The van der Waals surface area contributed by atoms with Gasteiger partial charge in [-0.25, -0.2) is 4.99 Å². The first-order chi connectivity index (χ1) is 16.6. The average molecular weight is 504 g/mol. The number of rotatable bonds is 5. The molecule has 1 amide bonds. The Morgan fingerprint density at radius 3 is 2.62 bits per heavy atom. The van der Waals surface area contributed by atoms with Crippen molar-refractivity contribution in [2.45, 2.75) is 16.2 Å². The summed E-state index contributed by atoms with van der Waals surface area (Å²) < 4.78 is 0. The molecule has 0 atom stereocenters. The van der Waals surface area contributed by atoms with Gasteiger partial charge in [0.15, 0.2) is 0 Å². The van der Waals surface area contributed by atoms with E-state index in [0.717, 1.165) is 44.3 Å². The maximum atomic E-state index is 12.8. The minimum Gasteiger partial charge on any atom is -0.352 e. The zero-order valence-electron chi connectivity index (χ0n) is 18.0. The topological polar surface area (TPSA) is 54.4 Å². The zero-order valence-corrected chi connectivity index (χ0v) is 20.3. The minimum absolute atomic E-state index is 0.135. The van der Waals surface area contributed by atoms with Crippen LogP contribution in [0.4, 0.5) is 5.69 Å². The van der Waals surface area contributed by atoms with Gasteiger partial charge in [-0.3, -0.25) is 9.78 Å². The first kappa shape index (κ1) is 22.7. The second-order valence-corrected chi connectivity index (χ2v) is 9.64. The zero-order chi connectivity index (χ0) is 23.5. The van der Waals surface area contributed by atoms with Crippen molar-refractivity contribution >= 4 is 52.3 Å². The minimum atomic E-state index is -0.135. The maximum Gasteiger partial charge on any atom is 0.251 e. The number of carbonyl (C=O) groups is 1. The molecular weight excluding hydrogens is 485 g/mol. The quantitative estimate of drug-likeness (QED) is 0.281. The van der Waals surface area contributed by atoms with E-state index in [4.69, 9.17) is 28.2 Å². The summed E-state index contributed by atoms with van der Waals surface area (Å²) in [5.41, 5.74) is 5.03. The van der Waals surface area contributed by atoms with Crippen LogP contribution in [0.15, 0.2) is 100.0 Å². The van der Waals surface area contributed by atoms with Crippen molar-refractivity contribution in [2.75, 3.05) is 6.54 Å². The Kier molecular flexibility index (Phi) is 6.68. The van der Waals surface area contributed by atoms with Crippen molar-refractivity contribution in [1.29, 1.82) is 0 Å². The third-order valence-corrected chi connectivity index (χ3v) is 7.31. The molecule has 0 saturated heterocycles. The van der Waals surface area contributed by atoms with Crippen molar-refractivity contribution in [3.8, 4) is 0 Å². The van der Waals surface area contributed by atoms with Crippen LogP contribution in [0.3, 0.4) is 0 Å². The number of nitrogens with zero attached hydrogens (tertiary/aromatic N) is 2. The van der Waals surface area contributed by atoms with Gasteiger partial charge in [-0.05, 0) is 54.4 Å². The summed E-state index contributed by atoms with van der Waals surface area (Å²) in [5, 5.41) is 3.95. The van der Waals surface area contributed by atoms with Crippen LogP contribution in [0.5, 0.6) is 0 Å². The number of hydrogen-bond donors (Lipinski definition) is 1. The molecule has 0 fully saturated rings. The van der Waals surface area contributed by atoms with Gasteiger partial charge in [0.25, 0.3) is 5.91 Å². The lowest BCUT2D eigenvalue weighted by Gasteiger charge is -2.10. The third-order valence-electron chi connectivity index (χ3n) is 5.43. The number of amides is 1. The molecular formula is C27H19Cl2N3OS. The van der Waals surface area contributed by atoms with Gasteiger partial charge >= 0.3 is 0 Å². The van der Waals surface area contributed by atoms with E-state index in [1.165, 1.54) is 0 Å². The molecule has 3 aromatic carbocycles. The summed E-state index contributed by atoms with van der Waals surface area (Å²) in [6.07, 6.45) is 4.26. The van der Waals surface area contributed by atoms with Crippen molar-refractivity contribution in [3.05, 3.63) is 117 Å². The number of halogens is 2. The molecule has 4 aromatic rings. The fourth-order valence-electron chi connectivity index (χ4n) is 3.71. The Balaban J connectivity index is 1.47. The number of aliphatic imine (C=N–C) groups is 1. The summed E-state index contributed by atoms with van der Waals surface area (Å²) in [6.45, 7) is 0.527. The van der Waals surface area contributed by atoms with Gasteiger partial charge in [-0.2, -0.15) is 0 Å². The molecule has 0 spiro atoms. The Bertz CT molecular complexity index is 1410. The molecule has 4 nitrogen and oxygen atoms in total. The van der Waals surface area contributed by atoms with E-state index in [-0.39, 0.29) is 5.91 Å². The van der Waals surface area contributed by atoms with E-state index in [0.29, 0.717) is 22.2 Å². The van der Waals surface area contributed by atoms with Crippen LogP contribution in [0.2, 0.25) is 10.0 Å². The van der Waals surface area contributed by atoms with Gasteiger partial charge in [0.05, 0.1) is 21.4 Å². The fourth-order valence-corrected chi connectivity index (χ4v) is 5.02. The Morgan fingerprint density at radius 2 is 1.79 bits per heavy atom. The normalized spacial score (nSPS) is 12.2. The molecule has 0 unspecified atom stereocenters. The van der Waals surface area contributed by atoms with Gasteiger partial charge in [-0.15, -0.1) is 0 Å². The van der Waals surface area contributed by atoms with E-state index in [2.05, 4.69) is 16.4 Å². The number of carbonyl (C=O) groups excluding carboxylic acids is 1. The van der Waals surface area contributed by atoms with Crippen LogP contribution in [0.1, 0.15) is 27.0 Å². The predicted octanol–water partition coefficient (Wildman–Crippen LogP) is 6.99. The highest BCUT2D eigenvalue weighted by atomic mass is 35.5. The predicted molar refractivity (Wildman–Crippen MR) is 139 cm³/mol. The number of aromatic nitrogens is 1. The molecule has 0 radical (unpaired) electrons. The summed E-state index contributed by atoms with van der Waals surface area (Å²) in [5.74, 6) is -0.135. The molecule has 1 aliphatic heterocycles. The first-order valence-electron chi connectivity index (χ1n) is 10.7. The number of pyridine rings is 1. The maximum absolute atomic E-state index is 12.8. The lowest BCUT2D eigenvalue weighted by molar-refractivity contribution is 0.0954. The SMILES string of the molecule is O=C(NCCc1cccnc1)c1ccc2c(c1)N=C(c1ccc(Cl)c(Cl)c1)c1ccccc1S2. The largest absolute Gasteiger partial charge is 0.352 e. The first-order valence-corrected chi connectivity index (χ1v) is 12.3. The van der Waals surface area contributed by atoms with E-state index in [9.17, 15) is 4.79 Å². The van der Waals surface area contributed by atoms with Gasteiger partial charge in [0, 0.05) is 45.4 Å². The van der Waals surface area contributed by atoms with E-state index >= 15 is 0 Å². The number of nitrogens with one attached hydrogen (secondary N) is 1. The van der Waals surface area contributed by atoms with E-state index < -0.39 is 0 Å². The van der Waals surface area contributed by atoms with E-state index in [1.54, 1.807) is 24.0 Å². The highest BCUT2D eigenvalue weighted by molar-refractivity contribution is 7.99. The van der Waals surface area contributed by atoms with Gasteiger partial charge in [-0.1, -0.05) is 65.3 Å². The Morgan fingerprint density at radius 1 is 0.912 bits per heavy atom. The molecule has 2 heterocycles. The summed E-state index contributed by atoms with van der Waals surface area (Å²) in [7, 11) is 0. The van der Waals surface area contributed by atoms with Gasteiger partial charge in [0.1, 0.15) is 0 Å². The van der Waals surface area contributed by atoms with Crippen LogP contribution in [-0.4, -0.2) is 23.1 Å². The Hall–Kier alpha value is -3.12. The van der Waals surface area contributed by atoms with Crippen LogP contribution < -0.4 is 5.32 Å². The molecule has 7 heteroatoms. The number of benzene rings is 3. The fraction of sp³-hybridized carbons (Fsp3) is 0.0741. The van der Waals surface area contributed by atoms with Crippen molar-refractivity contribution in [3.63, 3.8) is 0 Å². The molecule has 1 N–H and O–H groups in total. The van der Waals surface area contributed by atoms with Gasteiger partial charge < -0.3 is 5.32 Å². The van der Waals surface area contributed by atoms with Crippen molar-refractivity contribution in [1.82, 2.24) is 10.3 Å². The smallest absolute Gasteiger partial charge is 0.251 e. The summed E-state index contributed by atoms with van der Waals surface area (Å²) in [6, 6.07) is 23.1. The number of hydrogen-bond acceptors (Lipinski definition) is 4. The van der Waals surface area contributed by atoms with Crippen LogP contribution in [0, 0.1) is 0 Å². The number of fused-ring (bicyclic) bond motifs is 2. The van der Waals surface area contributed by atoms with Crippen molar-refractivity contribution in [2.24, 2.45) is 4.99 Å². The second-order valence-electron chi connectivity index (χ2n) is 7.74. The molecule has 168 valence electrons. The Labute approximate surface area is 212 Å². The summed E-state index contributed by atoms with van der Waals surface area (Å²) in [4.78, 5) is 24.0. The van der Waals surface area contributed by atoms with Crippen LogP contribution in [-0.2, 0) is 6.42 Å². The monoisotopic (exact) mass is 503 g/mol. The lowest BCUT2D eigenvalue weighted by atomic mass is 10.0. The molecule has 5 rings (SSSR count). The molecule has 0 saturated carbocycles. The molecule has 34 heavy (non-hydrogen) atoms. The lowest BCUT2D eigenvalue weighted by Crippen LogP contribution is -2.25. The highest BCUT2D eigenvalue weighted by Crippen LogP contribution is 2.42. The van der Waals surface area contributed by atoms with Crippen LogP contribution >= 0.6 is 35.0 Å². The molecule has 0 aliphatic carbocycles. The molecule has 0 bridgehead atoms. The summed E-state index contributed by atoms with van der Waals surface area (Å²) >= 11 is 14.1. The third kappa shape index (κ3) is 4.87. The standard InChI is InChI=1S/C27H19Cl2N3OS/c28-21-9-7-18(14-22(21)29)26-20-5-1-2-6-24(20)34-25-10-8-19(15-23(25)32-26)27(33)31-13-11-17-4-3-12-30-16-17/h1-10,12,14-16H,11,13H2,(H,31,33). The van der Waals surface area contributed by atoms with Gasteiger partial charge in [0.2, 0.25) is 0 Å². The van der Waals surface area contributed by atoms with Crippen molar-refractivity contribution < 1.29 is 4.79 Å². The van der Waals surface area contributed by atoms with Crippen LogP contribution in [0.25, 0.3) is 0 Å². The average Bonchev–Trinajstić information content (AvgIpc) is 3.02. The molecule has 1 aliphatic rings. The van der Waals surface area contributed by atoms with E-state index in [1.807, 2.05) is 66.9 Å². The molecule has 1 aromatic heterocycles. The highest BCUT2D eigenvalue weighted by Gasteiger charge is 2.20.